The molecule has 222 valence electrons. The van der Waals surface area contributed by atoms with Crippen LogP contribution >= 0.6 is 23.2 Å². The number of nitrogens with two attached hydrogens (primary N) is 1. The molecule has 1 fully saturated rings. The van der Waals surface area contributed by atoms with E-state index in [0.29, 0.717) is 17.0 Å². The van der Waals surface area contributed by atoms with E-state index >= 15 is 0 Å². The van der Waals surface area contributed by atoms with Crippen LogP contribution in [-0.2, 0) is 27.6 Å². The van der Waals surface area contributed by atoms with Crippen molar-refractivity contribution in [2.24, 2.45) is 10.9 Å². The Morgan fingerprint density at radius 1 is 1.05 bits per heavy atom. The molecule has 4 rings (SSSR count). The number of likely N-dealkylation sites (tertiary alicyclic amines) is 1. The predicted molar refractivity (Wildman–Crippen MR) is 148 cm³/mol. The fourth-order valence-electron chi connectivity index (χ4n) is 4.07. The fourth-order valence-corrected chi connectivity index (χ4v) is 4.43. The van der Waals surface area contributed by atoms with E-state index in [1.807, 2.05) is 12.1 Å². The molecule has 1 aliphatic heterocycles. The summed E-state index contributed by atoms with van der Waals surface area (Å²) in [5.41, 5.74) is 8.01. The maximum Gasteiger partial charge on any atom is 0.573 e. The predicted octanol–water partition coefficient (Wildman–Crippen LogP) is 4.68. The van der Waals surface area contributed by atoms with Gasteiger partial charge in [0.15, 0.2) is 11.9 Å². The Bertz CT molecular complexity index is 1450. The Morgan fingerprint density at radius 3 is 2.33 bits per heavy atom. The first kappa shape index (κ1) is 30.9. The Hall–Kier alpha value is -4.00. The average molecular weight is 625 g/mol. The van der Waals surface area contributed by atoms with Crippen molar-refractivity contribution in [3.05, 3.63) is 99.0 Å². The Balaban J connectivity index is 1.28. The number of alkyl halides is 3. The number of amides is 2. The monoisotopic (exact) mass is 624 g/mol. The van der Waals surface area contributed by atoms with Crippen molar-refractivity contribution < 1.29 is 37.4 Å². The second-order valence-corrected chi connectivity index (χ2v) is 10.2. The number of aliphatic hydroxyl groups is 1. The largest absolute Gasteiger partial charge is 0.573 e. The molecule has 0 saturated carbocycles. The second-order valence-electron chi connectivity index (χ2n) is 9.30. The minimum atomic E-state index is -4.98. The van der Waals surface area contributed by atoms with Crippen molar-refractivity contribution in [1.82, 2.24) is 10.2 Å². The number of oxime groups is 1. The van der Waals surface area contributed by atoms with E-state index in [9.17, 15) is 27.9 Å². The molecule has 1 heterocycles. The molecule has 0 bridgehead atoms. The number of carbonyl (C=O) groups excluding carboxylic acids is 2. The van der Waals surface area contributed by atoms with Gasteiger partial charge < -0.3 is 30.6 Å². The molecule has 0 aliphatic carbocycles. The second kappa shape index (κ2) is 13.3. The molecule has 0 aromatic heterocycles. The summed E-state index contributed by atoms with van der Waals surface area (Å²) in [6.45, 7) is 0.552. The van der Waals surface area contributed by atoms with Crippen molar-refractivity contribution in [3.8, 4) is 5.75 Å². The van der Waals surface area contributed by atoms with Crippen LogP contribution in [-0.4, -0.2) is 46.6 Å². The summed E-state index contributed by atoms with van der Waals surface area (Å²) in [6, 6.07) is 16.1. The molecule has 4 N–H and O–H groups in total. The van der Waals surface area contributed by atoms with E-state index in [1.165, 1.54) is 0 Å². The van der Waals surface area contributed by atoms with Crippen LogP contribution in [0.25, 0.3) is 0 Å². The highest BCUT2D eigenvalue weighted by Gasteiger charge is 2.40. The lowest BCUT2D eigenvalue weighted by atomic mass is 9.98. The molecule has 0 unspecified atom stereocenters. The molecule has 14 heteroatoms. The van der Waals surface area contributed by atoms with E-state index in [0.717, 1.165) is 34.2 Å². The van der Waals surface area contributed by atoms with Gasteiger partial charge >= 0.3 is 6.36 Å². The molecule has 42 heavy (non-hydrogen) atoms. The lowest BCUT2D eigenvalue weighted by molar-refractivity contribution is -0.274. The SMILES string of the molecule is N/C(=N\OCc1ccc(Cl)cc1)c1ccc(CNC(=O)[C@@H]2CCN2C(=O)[C@H](O)c2cc(Cl)cc(OC(F)(F)F)c2)cc1. The Kier molecular flexibility index (Phi) is 9.81. The van der Waals surface area contributed by atoms with Gasteiger partial charge in [0.2, 0.25) is 5.91 Å². The highest BCUT2D eigenvalue weighted by atomic mass is 35.5. The summed E-state index contributed by atoms with van der Waals surface area (Å²) in [5, 5.41) is 17.6. The molecule has 3 aromatic carbocycles. The zero-order valence-electron chi connectivity index (χ0n) is 21.8. The van der Waals surface area contributed by atoms with Gasteiger partial charge in [-0.2, -0.15) is 0 Å². The number of nitrogens with zero attached hydrogens (tertiary/aromatic N) is 2. The summed E-state index contributed by atoms with van der Waals surface area (Å²) in [7, 11) is 0. The van der Waals surface area contributed by atoms with E-state index in [2.05, 4.69) is 15.2 Å². The van der Waals surface area contributed by atoms with Crippen LogP contribution in [0, 0.1) is 0 Å². The summed E-state index contributed by atoms with van der Waals surface area (Å²) in [6.07, 6.45) is -6.47. The third kappa shape index (κ3) is 8.28. The van der Waals surface area contributed by atoms with Gasteiger partial charge in [-0.1, -0.05) is 64.8 Å². The lowest BCUT2D eigenvalue weighted by Crippen LogP contribution is -2.59. The van der Waals surface area contributed by atoms with Crippen molar-refractivity contribution in [2.75, 3.05) is 6.54 Å². The van der Waals surface area contributed by atoms with Crippen LogP contribution in [0.4, 0.5) is 13.2 Å². The topological polar surface area (TPSA) is 126 Å². The summed E-state index contributed by atoms with van der Waals surface area (Å²) in [4.78, 5) is 32.0. The van der Waals surface area contributed by atoms with Crippen molar-refractivity contribution >= 4 is 40.9 Å². The molecule has 0 spiro atoms. The van der Waals surface area contributed by atoms with Gasteiger partial charge in [0.25, 0.3) is 5.91 Å². The zero-order valence-corrected chi connectivity index (χ0v) is 23.3. The number of aliphatic hydroxyl groups excluding tert-OH is 1. The number of hydrogen-bond donors (Lipinski definition) is 3. The molecule has 1 aliphatic rings. The Labute approximate surface area is 248 Å². The number of rotatable bonds is 10. The minimum absolute atomic E-state index is 0.150. The summed E-state index contributed by atoms with van der Waals surface area (Å²) >= 11 is 11.7. The quantitative estimate of drug-likeness (QED) is 0.171. The van der Waals surface area contributed by atoms with E-state index < -0.39 is 36.1 Å². The van der Waals surface area contributed by atoms with Gasteiger partial charge in [0.05, 0.1) is 0 Å². The number of carbonyl (C=O) groups is 2. The van der Waals surface area contributed by atoms with E-state index in [1.54, 1.807) is 36.4 Å². The lowest BCUT2D eigenvalue weighted by Gasteiger charge is -2.40. The number of benzene rings is 3. The van der Waals surface area contributed by atoms with Gasteiger partial charge in [-0.05, 0) is 53.4 Å². The standard InChI is InChI=1S/C28H25Cl2F3N4O5/c29-20-7-3-17(4-8-20)15-41-36-25(34)18-5-1-16(2-6-18)14-35-26(39)23-9-10-37(23)27(40)24(38)19-11-21(30)13-22(12-19)42-28(31,32)33/h1-8,11-13,23-24,38H,9-10,14-15H2,(H2,34,36)(H,35,39)/t23-,24+/m0/s1. The third-order valence-electron chi connectivity index (χ3n) is 6.31. The third-order valence-corrected chi connectivity index (χ3v) is 6.78. The average Bonchev–Trinajstić information content (AvgIpc) is 2.91. The first-order valence-corrected chi connectivity index (χ1v) is 13.3. The summed E-state index contributed by atoms with van der Waals surface area (Å²) < 4.78 is 41.6. The van der Waals surface area contributed by atoms with E-state index in [-0.39, 0.29) is 36.1 Å². The molecule has 2 amide bonds. The summed E-state index contributed by atoms with van der Waals surface area (Å²) in [5.74, 6) is -1.81. The number of ether oxygens (including phenoxy) is 1. The highest BCUT2D eigenvalue weighted by Crippen LogP contribution is 2.31. The van der Waals surface area contributed by atoms with Crippen LogP contribution in [0.3, 0.4) is 0 Å². The molecule has 0 radical (unpaired) electrons. The maximum absolute atomic E-state index is 12.8. The first-order valence-electron chi connectivity index (χ1n) is 12.5. The fraction of sp³-hybridized carbons (Fsp3) is 0.250. The van der Waals surface area contributed by atoms with Gasteiger partial charge in [0.1, 0.15) is 18.4 Å². The van der Waals surface area contributed by atoms with Crippen molar-refractivity contribution in [1.29, 1.82) is 0 Å². The first-order chi connectivity index (χ1) is 19.9. The molecular weight excluding hydrogens is 600 g/mol. The van der Waals surface area contributed by atoms with Crippen molar-refractivity contribution in [2.45, 2.75) is 38.1 Å². The zero-order chi connectivity index (χ0) is 30.4. The molecule has 3 aromatic rings. The normalized spacial score (nSPS) is 15.9. The number of nitrogens with one attached hydrogen (secondary N) is 1. The Morgan fingerprint density at radius 2 is 1.71 bits per heavy atom. The minimum Gasteiger partial charge on any atom is -0.406 e. The molecule has 1 saturated heterocycles. The molecule has 2 atom stereocenters. The molecule has 9 nitrogen and oxygen atoms in total. The van der Waals surface area contributed by atoms with Gasteiger partial charge in [-0.25, -0.2) is 0 Å². The number of hydrogen-bond acceptors (Lipinski definition) is 6. The van der Waals surface area contributed by atoms with E-state index in [4.69, 9.17) is 33.8 Å². The van der Waals surface area contributed by atoms with Crippen LogP contribution in [0.1, 0.15) is 34.8 Å². The van der Waals surface area contributed by atoms with Gasteiger partial charge in [0, 0.05) is 28.7 Å². The number of amidine groups is 1. The van der Waals surface area contributed by atoms with Crippen LogP contribution in [0.15, 0.2) is 71.9 Å². The van der Waals surface area contributed by atoms with Crippen molar-refractivity contribution in [3.63, 3.8) is 0 Å². The van der Waals surface area contributed by atoms with Crippen LogP contribution in [0.2, 0.25) is 10.0 Å². The number of halogens is 5. The van der Waals surface area contributed by atoms with Gasteiger partial charge in [-0.15, -0.1) is 13.2 Å². The van der Waals surface area contributed by atoms with Crippen LogP contribution in [0.5, 0.6) is 5.75 Å². The van der Waals surface area contributed by atoms with Gasteiger partial charge in [-0.3, -0.25) is 9.59 Å². The maximum atomic E-state index is 12.8. The smallest absolute Gasteiger partial charge is 0.406 e. The highest BCUT2D eigenvalue weighted by molar-refractivity contribution is 6.31. The molecular formula is C28H25Cl2F3N4O5. The van der Waals surface area contributed by atoms with Crippen LogP contribution < -0.4 is 15.8 Å².